The molecule has 5 heteroatoms. The summed E-state index contributed by atoms with van der Waals surface area (Å²) in [5.74, 6) is 0.307. The predicted octanol–water partition coefficient (Wildman–Crippen LogP) is 2.90. The maximum absolute atomic E-state index is 12.1. The van der Waals surface area contributed by atoms with Crippen LogP contribution in [0, 0.1) is 6.92 Å². The normalized spacial score (nSPS) is 16.1. The van der Waals surface area contributed by atoms with Crippen molar-refractivity contribution in [2.45, 2.75) is 26.4 Å². The molecule has 0 aromatic heterocycles. The first-order valence-corrected chi connectivity index (χ1v) is 7.48. The standard InChI is InChI=1S/C18H18N2O3/c1-11-4-3-5-13(8-11)9-17(21)19-14-6-7-16-15(10-14)20-18(22)12(2)23-16/h3-8,10,12H,9H2,1-2H3,(H,19,21)(H,20,22). The smallest absolute Gasteiger partial charge is 0.265 e. The fourth-order valence-corrected chi connectivity index (χ4v) is 2.50. The minimum Gasteiger partial charge on any atom is -0.479 e. The van der Waals surface area contributed by atoms with Crippen molar-refractivity contribution in [2.75, 3.05) is 10.6 Å². The molecule has 2 N–H and O–H groups in total. The molecule has 23 heavy (non-hydrogen) atoms. The van der Waals surface area contributed by atoms with Gasteiger partial charge in [-0.1, -0.05) is 29.8 Å². The van der Waals surface area contributed by atoms with Crippen molar-refractivity contribution in [1.29, 1.82) is 0 Å². The number of amides is 2. The third kappa shape index (κ3) is 3.51. The molecule has 2 aromatic rings. The predicted molar refractivity (Wildman–Crippen MR) is 88.7 cm³/mol. The lowest BCUT2D eigenvalue weighted by atomic mass is 10.1. The van der Waals surface area contributed by atoms with Gasteiger partial charge in [0.1, 0.15) is 5.75 Å². The summed E-state index contributed by atoms with van der Waals surface area (Å²) in [7, 11) is 0. The van der Waals surface area contributed by atoms with E-state index in [1.807, 2.05) is 31.2 Å². The molecular weight excluding hydrogens is 292 g/mol. The summed E-state index contributed by atoms with van der Waals surface area (Å²) in [6, 6.07) is 13.0. The molecule has 0 aliphatic carbocycles. The first-order valence-electron chi connectivity index (χ1n) is 7.48. The Morgan fingerprint density at radius 3 is 2.87 bits per heavy atom. The molecule has 0 fully saturated rings. The minimum absolute atomic E-state index is 0.105. The highest BCUT2D eigenvalue weighted by Crippen LogP contribution is 2.32. The zero-order valence-electron chi connectivity index (χ0n) is 13.1. The van der Waals surface area contributed by atoms with E-state index >= 15 is 0 Å². The van der Waals surface area contributed by atoms with Gasteiger partial charge < -0.3 is 15.4 Å². The van der Waals surface area contributed by atoms with E-state index in [0.29, 0.717) is 23.5 Å². The van der Waals surface area contributed by atoms with Crippen molar-refractivity contribution in [3.63, 3.8) is 0 Å². The monoisotopic (exact) mass is 310 g/mol. The molecule has 0 radical (unpaired) electrons. The molecule has 0 saturated carbocycles. The van der Waals surface area contributed by atoms with E-state index in [1.165, 1.54) is 0 Å². The summed E-state index contributed by atoms with van der Waals surface area (Å²) in [4.78, 5) is 23.8. The number of nitrogens with one attached hydrogen (secondary N) is 2. The van der Waals surface area contributed by atoms with Crippen LogP contribution < -0.4 is 15.4 Å². The van der Waals surface area contributed by atoms with E-state index in [2.05, 4.69) is 10.6 Å². The van der Waals surface area contributed by atoms with Crippen LogP contribution in [0.1, 0.15) is 18.1 Å². The first-order chi connectivity index (χ1) is 11.0. The second-order valence-electron chi connectivity index (χ2n) is 5.67. The van der Waals surface area contributed by atoms with Gasteiger partial charge in [0.25, 0.3) is 5.91 Å². The van der Waals surface area contributed by atoms with Gasteiger partial charge in [-0.3, -0.25) is 9.59 Å². The Morgan fingerprint density at radius 1 is 1.26 bits per heavy atom. The van der Waals surface area contributed by atoms with E-state index in [4.69, 9.17) is 4.74 Å². The number of carbonyl (C=O) groups excluding carboxylic acids is 2. The van der Waals surface area contributed by atoms with Crippen molar-refractivity contribution in [2.24, 2.45) is 0 Å². The summed E-state index contributed by atoms with van der Waals surface area (Å²) < 4.78 is 5.49. The van der Waals surface area contributed by atoms with Gasteiger partial charge in [-0.2, -0.15) is 0 Å². The fraction of sp³-hybridized carbons (Fsp3) is 0.222. The Balaban J connectivity index is 1.70. The molecule has 3 rings (SSSR count). The number of hydrogen-bond acceptors (Lipinski definition) is 3. The zero-order chi connectivity index (χ0) is 16.4. The summed E-state index contributed by atoms with van der Waals surface area (Å²) in [6.07, 6.45) is -0.206. The van der Waals surface area contributed by atoms with Crippen LogP contribution in [-0.4, -0.2) is 17.9 Å². The molecule has 1 aliphatic rings. The first kappa shape index (κ1) is 15.1. The molecule has 0 saturated heterocycles. The van der Waals surface area contributed by atoms with Gasteiger partial charge in [0, 0.05) is 5.69 Å². The second kappa shape index (κ2) is 6.12. The van der Waals surface area contributed by atoms with Gasteiger partial charge >= 0.3 is 0 Å². The Kier molecular flexibility index (Phi) is 4.02. The maximum Gasteiger partial charge on any atom is 0.265 e. The molecule has 0 spiro atoms. The number of fused-ring (bicyclic) bond motifs is 1. The van der Waals surface area contributed by atoms with Crippen LogP contribution in [-0.2, 0) is 16.0 Å². The molecule has 5 nitrogen and oxygen atoms in total. The van der Waals surface area contributed by atoms with E-state index in [0.717, 1.165) is 11.1 Å². The summed E-state index contributed by atoms with van der Waals surface area (Å²) >= 11 is 0. The Labute approximate surface area is 134 Å². The quantitative estimate of drug-likeness (QED) is 0.916. The SMILES string of the molecule is Cc1cccc(CC(=O)Nc2ccc3c(c2)NC(=O)C(C)O3)c1. The fourth-order valence-electron chi connectivity index (χ4n) is 2.50. The van der Waals surface area contributed by atoms with Gasteiger partial charge in [-0.15, -0.1) is 0 Å². The highest BCUT2D eigenvalue weighted by molar-refractivity contribution is 5.99. The van der Waals surface area contributed by atoms with Crippen LogP contribution in [0.2, 0.25) is 0 Å². The lowest BCUT2D eigenvalue weighted by Gasteiger charge is -2.23. The number of anilines is 2. The second-order valence-corrected chi connectivity index (χ2v) is 5.67. The van der Waals surface area contributed by atoms with E-state index in [9.17, 15) is 9.59 Å². The third-order valence-corrected chi connectivity index (χ3v) is 3.64. The van der Waals surface area contributed by atoms with Gasteiger partial charge in [-0.25, -0.2) is 0 Å². The highest BCUT2D eigenvalue weighted by Gasteiger charge is 2.23. The molecule has 118 valence electrons. The average molecular weight is 310 g/mol. The Morgan fingerprint density at radius 2 is 2.09 bits per heavy atom. The Bertz CT molecular complexity index is 771. The van der Waals surface area contributed by atoms with Crippen LogP contribution in [0.25, 0.3) is 0 Å². The number of hydrogen-bond donors (Lipinski definition) is 2. The van der Waals surface area contributed by atoms with Crippen molar-refractivity contribution in [1.82, 2.24) is 0 Å². The largest absolute Gasteiger partial charge is 0.479 e. The summed E-state index contributed by atoms with van der Waals surface area (Å²) in [5, 5.41) is 5.61. The van der Waals surface area contributed by atoms with Gasteiger partial charge in [0.15, 0.2) is 6.10 Å². The minimum atomic E-state index is -0.510. The third-order valence-electron chi connectivity index (χ3n) is 3.64. The van der Waals surface area contributed by atoms with Crippen LogP contribution in [0.15, 0.2) is 42.5 Å². The summed E-state index contributed by atoms with van der Waals surface area (Å²) in [6.45, 7) is 3.68. The van der Waals surface area contributed by atoms with Crippen molar-refractivity contribution >= 4 is 23.2 Å². The van der Waals surface area contributed by atoms with Crippen molar-refractivity contribution in [3.05, 3.63) is 53.6 Å². The van der Waals surface area contributed by atoms with Crippen LogP contribution in [0.5, 0.6) is 5.75 Å². The number of aryl methyl sites for hydroxylation is 1. The highest BCUT2D eigenvalue weighted by atomic mass is 16.5. The summed E-state index contributed by atoms with van der Waals surface area (Å²) in [5.41, 5.74) is 3.28. The molecule has 1 unspecified atom stereocenters. The van der Waals surface area contributed by atoms with E-state index < -0.39 is 6.10 Å². The Hall–Kier alpha value is -2.82. The number of rotatable bonds is 3. The zero-order valence-corrected chi connectivity index (χ0v) is 13.1. The molecule has 2 amide bonds. The number of benzene rings is 2. The number of ether oxygens (including phenoxy) is 1. The van der Waals surface area contributed by atoms with Crippen molar-refractivity contribution < 1.29 is 14.3 Å². The van der Waals surface area contributed by atoms with Crippen LogP contribution in [0.3, 0.4) is 0 Å². The van der Waals surface area contributed by atoms with Gasteiger partial charge in [0.2, 0.25) is 5.91 Å². The maximum atomic E-state index is 12.1. The number of carbonyl (C=O) groups is 2. The average Bonchev–Trinajstić information content (AvgIpc) is 2.48. The molecular formula is C18H18N2O3. The van der Waals surface area contributed by atoms with E-state index in [1.54, 1.807) is 25.1 Å². The molecule has 1 aliphatic heterocycles. The molecule has 1 heterocycles. The van der Waals surface area contributed by atoms with Gasteiger partial charge in [-0.05, 0) is 37.6 Å². The van der Waals surface area contributed by atoms with Crippen LogP contribution in [0.4, 0.5) is 11.4 Å². The van der Waals surface area contributed by atoms with Gasteiger partial charge in [0.05, 0.1) is 12.1 Å². The molecule has 2 aromatic carbocycles. The molecule has 1 atom stereocenters. The lowest BCUT2D eigenvalue weighted by molar-refractivity contribution is -0.122. The topological polar surface area (TPSA) is 67.4 Å². The van der Waals surface area contributed by atoms with E-state index in [-0.39, 0.29) is 11.8 Å². The lowest BCUT2D eigenvalue weighted by Crippen LogP contribution is -2.34. The molecule has 0 bridgehead atoms. The van der Waals surface area contributed by atoms with Crippen LogP contribution >= 0.6 is 0 Å². The van der Waals surface area contributed by atoms with Crippen molar-refractivity contribution in [3.8, 4) is 5.75 Å².